The molecule has 1 aromatic rings. The summed E-state index contributed by atoms with van der Waals surface area (Å²) in [5.41, 5.74) is 2.80. The van der Waals surface area contributed by atoms with Gasteiger partial charge in [-0.3, -0.25) is 9.89 Å². The molecule has 0 unspecified atom stereocenters. The van der Waals surface area contributed by atoms with Gasteiger partial charge in [0.05, 0.1) is 0 Å². The zero-order chi connectivity index (χ0) is 21.3. The SMILES string of the molecule is CN=C(NCc1ccccc1CN(C)C1CCCCC1)NC1CCN(C(C)C)CC1. The lowest BCUT2D eigenvalue weighted by molar-refractivity contribution is 0.167. The van der Waals surface area contributed by atoms with E-state index in [2.05, 4.69) is 70.6 Å². The van der Waals surface area contributed by atoms with Gasteiger partial charge in [-0.15, -0.1) is 0 Å². The number of hydrogen-bond donors (Lipinski definition) is 2. The minimum Gasteiger partial charge on any atom is -0.354 e. The zero-order valence-electron chi connectivity index (χ0n) is 19.7. The largest absolute Gasteiger partial charge is 0.354 e. The molecule has 1 heterocycles. The number of likely N-dealkylation sites (tertiary alicyclic amines) is 1. The van der Waals surface area contributed by atoms with E-state index in [1.165, 1.54) is 69.2 Å². The molecule has 2 N–H and O–H groups in total. The topological polar surface area (TPSA) is 42.9 Å². The fourth-order valence-electron chi connectivity index (χ4n) is 4.93. The van der Waals surface area contributed by atoms with Gasteiger partial charge in [-0.25, -0.2) is 0 Å². The first-order valence-electron chi connectivity index (χ1n) is 12.0. The van der Waals surface area contributed by atoms with Crippen LogP contribution in [0.4, 0.5) is 0 Å². The minimum atomic E-state index is 0.513. The Labute approximate surface area is 184 Å². The predicted octanol–water partition coefficient (Wildman–Crippen LogP) is 3.99. The highest BCUT2D eigenvalue weighted by Crippen LogP contribution is 2.23. The third-order valence-corrected chi connectivity index (χ3v) is 7.01. The number of piperidine rings is 1. The van der Waals surface area contributed by atoms with Gasteiger partial charge in [0.1, 0.15) is 0 Å². The molecule has 2 fully saturated rings. The van der Waals surface area contributed by atoms with Crippen LogP contribution in [0.2, 0.25) is 0 Å². The molecular weight excluding hydrogens is 370 g/mol. The summed E-state index contributed by atoms with van der Waals surface area (Å²) in [7, 11) is 4.17. The van der Waals surface area contributed by atoms with Crippen molar-refractivity contribution in [3.8, 4) is 0 Å². The van der Waals surface area contributed by atoms with Crippen LogP contribution in [0.3, 0.4) is 0 Å². The normalized spacial score (nSPS) is 20.1. The van der Waals surface area contributed by atoms with E-state index in [1.54, 1.807) is 0 Å². The third-order valence-electron chi connectivity index (χ3n) is 7.01. The summed E-state index contributed by atoms with van der Waals surface area (Å²) in [6.45, 7) is 8.77. The highest BCUT2D eigenvalue weighted by atomic mass is 15.2. The van der Waals surface area contributed by atoms with Crippen LogP contribution in [0.5, 0.6) is 0 Å². The first-order valence-corrected chi connectivity index (χ1v) is 12.0. The maximum atomic E-state index is 4.49. The van der Waals surface area contributed by atoms with E-state index in [9.17, 15) is 0 Å². The Morgan fingerprint density at radius 3 is 2.37 bits per heavy atom. The van der Waals surface area contributed by atoms with Crippen molar-refractivity contribution in [3.63, 3.8) is 0 Å². The van der Waals surface area contributed by atoms with E-state index in [-0.39, 0.29) is 0 Å². The molecule has 0 bridgehead atoms. The second-order valence-corrected chi connectivity index (χ2v) is 9.45. The van der Waals surface area contributed by atoms with Crippen LogP contribution in [0.15, 0.2) is 29.3 Å². The lowest BCUT2D eigenvalue weighted by atomic mass is 9.94. The summed E-state index contributed by atoms with van der Waals surface area (Å²) in [4.78, 5) is 9.61. The van der Waals surface area contributed by atoms with E-state index < -0.39 is 0 Å². The molecule has 0 radical (unpaired) electrons. The van der Waals surface area contributed by atoms with E-state index in [4.69, 9.17) is 0 Å². The Hall–Kier alpha value is -1.59. The number of guanidine groups is 1. The lowest BCUT2D eigenvalue weighted by Gasteiger charge is -2.35. The van der Waals surface area contributed by atoms with Crippen LogP contribution < -0.4 is 10.6 Å². The van der Waals surface area contributed by atoms with E-state index in [0.29, 0.717) is 12.1 Å². The summed E-state index contributed by atoms with van der Waals surface area (Å²) in [5.74, 6) is 0.924. The molecule has 1 aromatic carbocycles. The van der Waals surface area contributed by atoms with Crippen LogP contribution in [0, 0.1) is 0 Å². The molecular formula is C25H43N5. The van der Waals surface area contributed by atoms with Gasteiger partial charge in [0.15, 0.2) is 5.96 Å². The highest BCUT2D eigenvalue weighted by molar-refractivity contribution is 5.80. The quantitative estimate of drug-likeness (QED) is 0.524. The number of benzene rings is 1. The number of nitrogens with one attached hydrogen (secondary N) is 2. The molecule has 0 spiro atoms. The van der Waals surface area contributed by atoms with Crippen molar-refractivity contribution in [2.24, 2.45) is 4.99 Å². The summed E-state index contributed by atoms with van der Waals surface area (Å²) >= 11 is 0. The Morgan fingerprint density at radius 1 is 1.07 bits per heavy atom. The maximum Gasteiger partial charge on any atom is 0.191 e. The van der Waals surface area contributed by atoms with E-state index in [0.717, 1.165) is 25.1 Å². The molecule has 0 aromatic heterocycles. The summed E-state index contributed by atoms with van der Waals surface area (Å²) < 4.78 is 0. The van der Waals surface area contributed by atoms with Crippen molar-refractivity contribution in [2.75, 3.05) is 27.2 Å². The zero-order valence-corrected chi connectivity index (χ0v) is 19.7. The number of hydrogen-bond acceptors (Lipinski definition) is 3. The molecule has 2 aliphatic rings. The van der Waals surface area contributed by atoms with Crippen molar-refractivity contribution in [1.29, 1.82) is 0 Å². The molecule has 168 valence electrons. The Balaban J connectivity index is 1.51. The second-order valence-electron chi connectivity index (χ2n) is 9.45. The van der Waals surface area contributed by atoms with Crippen molar-refractivity contribution in [3.05, 3.63) is 35.4 Å². The van der Waals surface area contributed by atoms with Crippen molar-refractivity contribution in [2.45, 2.75) is 90.0 Å². The molecule has 0 atom stereocenters. The van der Waals surface area contributed by atoms with Gasteiger partial charge in [-0.1, -0.05) is 43.5 Å². The van der Waals surface area contributed by atoms with Crippen LogP contribution in [-0.2, 0) is 13.1 Å². The minimum absolute atomic E-state index is 0.513. The highest BCUT2D eigenvalue weighted by Gasteiger charge is 2.22. The molecule has 1 saturated carbocycles. The van der Waals surface area contributed by atoms with E-state index >= 15 is 0 Å². The van der Waals surface area contributed by atoms with Gasteiger partial charge in [0.25, 0.3) is 0 Å². The van der Waals surface area contributed by atoms with E-state index in [1.807, 2.05) is 7.05 Å². The van der Waals surface area contributed by atoms with Gasteiger partial charge in [-0.05, 0) is 57.7 Å². The van der Waals surface area contributed by atoms with Crippen molar-refractivity contribution < 1.29 is 0 Å². The van der Waals surface area contributed by atoms with Gasteiger partial charge < -0.3 is 15.5 Å². The Bertz CT molecular complexity index is 657. The molecule has 5 heteroatoms. The van der Waals surface area contributed by atoms with Crippen LogP contribution >= 0.6 is 0 Å². The standard InChI is InChI=1S/C25H43N5/c1-20(2)30-16-14-23(15-17-30)28-25(26-3)27-18-21-10-8-9-11-22(21)19-29(4)24-12-6-5-7-13-24/h8-11,20,23-24H,5-7,12-19H2,1-4H3,(H2,26,27,28). The predicted molar refractivity (Wildman–Crippen MR) is 128 cm³/mol. The summed E-state index contributed by atoms with van der Waals surface area (Å²) in [5, 5.41) is 7.22. The number of rotatable bonds is 7. The average molecular weight is 414 g/mol. The Kier molecular flexibility index (Phi) is 9.01. The first kappa shape index (κ1) is 23.1. The van der Waals surface area contributed by atoms with Crippen LogP contribution in [-0.4, -0.2) is 61.1 Å². The van der Waals surface area contributed by atoms with Crippen LogP contribution in [0.1, 0.15) is 69.9 Å². The Morgan fingerprint density at radius 2 is 1.73 bits per heavy atom. The van der Waals surface area contributed by atoms with Gasteiger partial charge in [0, 0.05) is 51.4 Å². The summed E-state index contributed by atoms with van der Waals surface area (Å²) in [6.07, 6.45) is 9.25. The van der Waals surface area contributed by atoms with Crippen LogP contribution in [0.25, 0.3) is 0 Å². The fourth-order valence-corrected chi connectivity index (χ4v) is 4.93. The smallest absolute Gasteiger partial charge is 0.191 e. The molecule has 1 aliphatic heterocycles. The van der Waals surface area contributed by atoms with Gasteiger partial charge in [-0.2, -0.15) is 0 Å². The first-order chi connectivity index (χ1) is 14.6. The number of nitrogens with zero attached hydrogens (tertiary/aromatic N) is 3. The molecule has 1 aliphatic carbocycles. The average Bonchev–Trinajstić information content (AvgIpc) is 2.78. The lowest BCUT2D eigenvalue weighted by Crippen LogP contribution is -2.49. The molecule has 0 amide bonds. The fraction of sp³-hybridized carbons (Fsp3) is 0.720. The molecule has 30 heavy (non-hydrogen) atoms. The molecule has 3 rings (SSSR count). The van der Waals surface area contributed by atoms with Crippen molar-refractivity contribution in [1.82, 2.24) is 20.4 Å². The third kappa shape index (κ3) is 6.71. The maximum absolute atomic E-state index is 4.49. The van der Waals surface area contributed by atoms with Gasteiger partial charge >= 0.3 is 0 Å². The molecule has 1 saturated heterocycles. The van der Waals surface area contributed by atoms with Gasteiger partial charge in [0.2, 0.25) is 0 Å². The van der Waals surface area contributed by atoms with Crippen molar-refractivity contribution >= 4 is 5.96 Å². The monoisotopic (exact) mass is 413 g/mol. The number of aliphatic imine (C=N–C) groups is 1. The second kappa shape index (κ2) is 11.7. The molecule has 5 nitrogen and oxygen atoms in total. The summed E-state index contributed by atoms with van der Waals surface area (Å²) in [6, 6.07) is 10.8.